The molecule has 0 aliphatic rings. The molecule has 0 saturated carbocycles. The fourth-order valence-electron chi connectivity index (χ4n) is 1.95. The second-order valence-electron chi connectivity index (χ2n) is 4.52. The second-order valence-corrected chi connectivity index (χ2v) is 6.71. The number of benzene rings is 1. The summed E-state index contributed by atoms with van der Waals surface area (Å²) in [6.07, 6.45) is 3.71. The molecule has 1 N–H and O–H groups in total. The van der Waals surface area contributed by atoms with Crippen LogP contribution in [0.15, 0.2) is 16.6 Å². The van der Waals surface area contributed by atoms with Crippen molar-refractivity contribution in [3.63, 3.8) is 0 Å². The summed E-state index contributed by atoms with van der Waals surface area (Å²) >= 11 is 4.64. The van der Waals surface area contributed by atoms with Gasteiger partial charge in [0.05, 0.1) is 0 Å². The van der Waals surface area contributed by atoms with Crippen LogP contribution in [-0.2, 0) is 0 Å². The molecule has 0 bridgehead atoms. The first kappa shape index (κ1) is 17.4. The summed E-state index contributed by atoms with van der Waals surface area (Å²) in [7, 11) is 0. The highest BCUT2D eigenvalue weighted by molar-refractivity contribution is 9.10. The van der Waals surface area contributed by atoms with Gasteiger partial charge in [0.2, 0.25) is 0 Å². The van der Waals surface area contributed by atoms with Crippen LogP contribution in [0.5, 0.6) is 0 Å². The van der Waals surface area contributed by atoms with Crippen molar-refractivity contribution in [3.8, 4) is 0 Å². The van der Waals surface area contributed by atoms with Crippen molar-refractivity contribution in [3.05, 3.63) is 33.8 Å². The first-order valence-electron chi connectivity index (χ1n) is 6.37. The van der Waals surface area contributed by atoms with Crippen LogP contribution in [0.2, 0.25) is 0 Å². The number of nitrogens with one attached hydrogen (secondary N) is 1. The fraction of sp³-hybridized carbons (Fsp3) is 0.500. The molecular weight excluding hydrogens is 348 g/mol. The van der Waals surface area contributed by atoms with Crippen molar-refractivity contribution in [1.29, 1.82) is 0 Å². The first-order valence-corrected chi connectivity index (χ1v) is 8.38. The van der Waals surface area contributed by atoms with Crippen LogP contribution < -0.4 is 5.32 Å². The van der Waals surface area contributed by atoms with Crippen molar-refractivity contribution in [1.82, 2.24) is 5.32 Å². The number of amides is 1. The van der Waals surface area contributed by atoms with Gasteiger partial charge in [-0.15, -0.1) is 0 Å². The maximum Gasteiger partial charge on any atom is 0.257 e. The molecule has 0 aliphatic heterocycles. The Balaban J connectivity index is 2.88. The lowest BCUT2D eigenvalue weighted by Gasteiger charge is -2.29. The monoisotopic (exact) mass is 365 g/mol. The predicted octanol–water partition coefficient (Wildman–Crippen LogP) is 4.38. The van der Waals surface area contributed by atoms with Gasteiger partial charge < -0.3 is 5.32 Å². The van der Waals surface area contributed by atoms with E-state index >= 15 is 0 Å². The summed E-state index contributed by atoms with van der Waals surface area (Å²) in [5, 5.41) is 2.64. The van der Waals surface area contributed by atoms with Gasteiger partial charge in [0.1, 0.15) is 17.2 Å². The average Bonchev–Trinajstić information content (AvgIpc) is 2.39. The van der Waals surface area contributed by atoms with E-state index in [0.29, 0.717) is 6.54 Å². The van der Waals surface area contributed by atoms with Crippen LogP contribution >= 0.6 is 27.7 Å². The smallest absolute Gasteiger partial charge is 0.257 e. The van der Waals surface area contributed by atoms with Crippen molar-refractivity contribution in [2.45, 2.75) is 31.4 Å². The Kier molecular flexibility index (Phi) is 6.45. The fourth-order valence-corrected chi connectivity index (χ4v) is 3.15. The van der Waals surface area contributed by atoms with Gasteiger partial charge in [0.25, 0.3) is 5.91 Å². The van der Waals surface area contributed by atoms with E-state index in [0.717, 1.165) is 25.0 Å². The molecule has 112 valence electrons. The molecule has 0 radical (unpaired) electrons. The van der Waals surface area contributed by atoms with Gasteiger partial charge in [0, 0.05) is 15.8 Å². The minimum Gasteiger partial charge on any atom is -0.350 e. The summed E-state index contributed by atoms with van der Waals surface area (Å²) in [5.74, 6) is -2.44. The summed E-state index contributed by atoms with van der Waals surface area (Å²) in [6, 6.07) is 2.17. The molecule has 1 rings (SSSR count). The molecule has 20 heavy (non-hydrogen) atoms. The Morgan fingerprint density at radius 1 is 1.30 bits per heavy atom. The zero-order valence-electron chi connectivity index (χ0n) is 11.7. The number of thioether (sulfide) groups is 1. The van der Waals surface area contributed by atoms with Crippen LogP contribution in [0.25, 0.3) is 0 Å². The maximum absolute atomic E-state index is 13.7. The lowest BCUT2D eigenvalue weighted by Crippen LogP contribution is -2.40. The number of hydrogen-bond acceptors (Lipinski definition) is 2. The third kappa shape index (κ3) is 3.95. The number of halogens is 3. The highest BCUT2D eigenvalue weighted by Crippen LogP contribution is 2.29. The van der Waals surface area contributed by atoms with Crippen LogP contribution in [0, 0.1) is 11.6 Å². The molecule has 6 heteroatoms. The van der Waals surface area contributed by atoms with Gasteiger partial charge in [0.15, 0.2) is 0 Å². The molecule has 0 fully saturated rings. The van der Waals surface area contributed by atoms with Crippen LogP contribution in [0.1, 0.15) is 37.0 Å². The minimum atomic E-state index is -0.864. The van der Waals surface area contributed by atoms with Gasteiger partial charge in [-0.2, -0.15) is 11.8 Å². The van der Waals surface area contributed by atoms with Crippen LogP contribution in [0.4, 0.5) is 8.78 Å². The third-order valence-corrected chi connectivity index (χ3v) is 5.57. The van der Waals surface area contributed by atoms with E-state index in [1.165, 1.54) is 0 Å². The van der Waals surface area contributed by atoms with Crippen molar-refractivity contribution in [2.24, 2.45) is 0 Å². The molecule has 0 unspecified atom stereocenters. The quantitative estimate of drug-likeness (QED) is 0.810. The number of carbonyl (C=O) groups is 1. The maximum atomic E-state index is 13.7. The van der Waals surface area contributed by atoms with E-state index < -0.39 is 23.1 Å². The molecule has 2 nitrogen and oxygen atoms in total. The molecule has 1 aromatic carbocycles. The average molecular weight is 366 g/mol. The summed E-state index contributed by atoms with van der Waals surface area (Å²) < 4.78 is 27.6. The lowest BCUT2D eigenvalue weighted by molar-refractivity contribution is 0.0940. The zero-order valence-corrected chi connectivity index (χ0v) is 14.1. The highest BCUT2D eigenvalue weighted by atomic mass is 79.9. The van der Waals surface area contributed by atoms with Crippen molar-refractivity contribution < 1.29 is 13.6 Å². The third-order valence-electron chi connectivity index (χ3n) is 3.53. The zero-order chi connectivity index (χ0) is 15.3. The Labute approximate surface area is 130 Å². The Morgan fingerprint density at radius 2 is 1.80 bits per heavy atom. The van der Waals surface area contributed by atoms with Gasteiger partial charge in [-0.05, 0) is 31.2 Å². The van der Waals surface area contributed by atoms with E-state index in [4.69, 9.17) is 0 Å². The van der Waals surface area contributed by atoms with E-state index in [-0.39, 0.29) is 9.22 Å². The van der Waals surface area contributed by atoms with Crippen molar-refractivity contribution >= 4 is 33.6 Å². The predicted molar refractivity (Wildman–Crippen MR) is 83.2 cm³/mol. The van der Waals surface area contributed by atoms with E-state index in [1.54, 1.807) is 11.8 Å². The molecule has 0 spiro atoms. The summed E-state index contributed by atoms with van der Waals surface area (Å²) in [4.78, 5) is 12.0. The second kappa shape index (κ2) is 7.41. The Hall–Kier alpha value is -0.620. The molecule has 0 aromatic heterocycles. The Morgan fingerprint density at radius 3 is 2.20 bits per heavy atom. The van der Waals surface area contributed by atoms with Crippen LogP contribution in [-0.4, -0.2) is 23.5 Å². The number of hydrogen-bond donors (Lipinski definition) is 1. The molecule has 0 atom stereocenters. The summed E-state index contributed by atoms with van der Waals surface area (Å²) in [5.41, 5.74) is -0.532. The molecule has 0 saturated heterocycles. The lowest BCUT2D eigenvalue weighted by atomic mass is 10.0. The molecule has 1 aromatic rings. The van der Waals surface area contributed by atoms with Gasteiger partial charge in [-0.3, -0.25) is 4.79 Å². The molecule has 0 aliphatic carbocycles. The molecule has 0 heterocycles. The largest absolute Gasteiger partial charge is 0.350 e. The summed E-state index contributed by atoms with van der Waals surface area (Å²) in [6.45, 7) is 4.45. The number of rotatable bonds is 6. The normalized spacial score (nSPS) is 11.5. The van der Waals surface area contributed by atoms with Crippen molar-refractivity contribution in [2.75, 3.05) is 12.8 Å². The Bertz CT molecular complexity index is 461. The SMILES string of the molecule is CCC(CC)(CNC(=O)c1c(F)cc(Br)cc1F)SC. The van der Waals surface area contributed by atoms with Crippen LogP contribution in [0.3, 0.4) is 0 Å². The van der Waals surface area contributed by atoms with Gasteiger partial charge >= 0.3 is 0 Å². The molecular formula is C14H18BrF2NOS. The highest BCUT2D eigenvalue weighted by Gasteiger charge is 2.27. The molecule has 1 amide bonds. The van der Waals surface area contributed by atoms with Gasteiger partial charge in [-0.1, -0.05) is 29.8 Å². The van der Waals surface area contributed by atoms with Gasteiger partial charge in [-0.25, -0.2) is 8.78 Å². The topological polar surface area (TPSA) is 29.1 Å². The first-order chi connectivity index (χ1) is 9.39. The minimum absolute atomic E-state index is 0.0992. The standard InChI is InChI=1S/C14H18BrF2NOS/c1-4-14(5-2,20-3)8-18-13(19)12-10(16)6-9(15)7-11(12)17/h6-7H,4-5,8H2,1-3H3,(H,18,19). The van der Waals surface area contributed by atoms with E-state index in [1.807, 2.05) is 20.1 Å². The van der Waals surface area contributed by atoms with E-state index in [2.05, 4.69) is 21.2 Å². The van der Waals surface area contributed by atoms with E-state index in [9.17, 15) is 13.6 Å². The number of carbonyl (C=O) groups excluding carboxylic acids is 1.